The average Bonchev–Trinajstić information content (AvgIpc) is 2.64. The van der Waals surface area contributed by atoms with Crippen LogP contribution in [0, 0.1) is 5.41 Å². The van der Waals surface area contributed by atoms with Crippen LogP contribution in [-0.4, -0.2) is 29.4 Å². The summed E-state index contributed by atoms with van der Waals surface area (Å²) in [6, 6.07) is 0. The van der Waals surface area contributed by atoms with Gasteiger partial charge < -0.3 is 15.2 Å². The van der Waals surface area contributed by atoms with Crippen molar-refractivity contribution >= 4 is 6.09 Å². The number of amides is 1. The molecule has 2 atom stereocenters. The van der Waals surface area contributed by atoms with Gasteiger partial charge in [-0.1, -0.05) is 27.7 Å². The van der Waals surface area contributed by atoms with Crippen molar-refractivity contribution in [2.45, 2.75) is 58.6 Å². The smallest absolute Gasteiger partial charge is 0.405 e. The van der Waals surface area contributed by atoms with Gasteiger partial charge in [0.25, 0.3) is 0 Å². The Morgan fingerprint density at radius 3 is 2.44 bits per heavy atom. The minimum absolute atomic E-state index is 0.00593. The summed E-state index contributed by atoms with van der Waals surface area (Å²) in [6.07, 6.45) is 1.73. The fourth-order valence-electron chi connectivity index (χ4n) is 2.75. The molecule has 1 aliphatic heterocycles. The Labute approximate surface area is 97.4 Å². The van der Waals surface area contributed by atoms with Crippen LogP contribution in [0.1, 0.15) is 47.0 Å². The first-order valence-electron chi connectivity index (χ1n) is 5.96. The number of nitrogens with one attached hydrogen (secondary N) is 1. The SMILES string of the molecule is CCC(NC(=O)O)(C1CCCO1)C(C)(C)C. The Balaban J connectivity index is 3.01. The van der Waals surface area contributed by atoms with Gasteiger partial charge in [0.1, 0.15) is 0 Å². The zero-order chi connectivity index (χ0) is 12.4. The summed E-state index contributed by atoms with van der Waals surface area (Å²) >= 11 is 0. The van der Waals surface area contributed by atoms with Crippen molar-refractivity contribution in [1.29, 1.82) is 0 Å². The highest BCUT2D eigenvalue weighted by molar-refractivity contribution is 5.66. The van der Waals surface area contributed by atoms with Crippen molar-refractivity contribution in [2.75, 3.05) is 6.61 Å². The molecule has 0 aromatic rings. The number of hydrogen-bond donors (Lipinski definition) is 2. The van der Waals surface area contributed by atoms with Crippen molar-refractivity contribution < 1.29 is 14.6 Å². The lowest BCUT2D eigenvalue weighted by Gasteiger charge is -2.47. The van der Waals surface area contributed by atoms with Gasteiger partial charge in [-0.25, -0.2) is 4.79 Å². The maximum absolute atomic E-state index is 11.0. The van der Waals surface area contributed by atoms with Crippen molar-refractivity contribution in [2.24, 2.45) is 5.41 Å². The van der Waals surface area contributed by atoms with Crippen LogP contribution in [0.5, 0.6) is 0 Å². The van der Waals surface area contributed by atoms with Gasteiger partial charge in [-0.2, -0.15) is 0 Å². The van der Waals surface area contributed by atoms with Crippen LogP contribution in [0.15, 0.2) is 0 Å². The molecule has 4 heteroatoms. The summed E-state index contributed by atoms with van der Waals surface area (Å²) in [7, 11) is 0. The quantitative estimate of drug-likeness (QED) is 0.782. The fraction of sp³-hybridized carbons (Fsp3) is 0.917. The van der Waals surface area contributed by atoms with Crippen molar-refractivity contribution in [1.82, 2.24) is 5.32 Å². The van der Waals surface area contributed by atoms with Crippen LogP contribution >= 0.6 is 0 Å². The molecule has 1 amide bonds. The third-order valence-corrected chi connectivity index (χ3v) is 3.71. The highest BCUT2D eigenvalue weighted by Gasteiger charge is 2.49. The van der Waals surface area contributed by atoms with Gasteiger partial charge in [0.2, 0.25) is 0 Å². The van der Waals surface area contributed by atoms with Crippen LogP contribution < -0.4 is 5.32 Å². The van der Waals surface area contributed by atoms with Gasteiger partial charge in [-0.15, -0.1) is 0 Å². The molecule has 1 fully saturated rings. The van der Waals surface area contributed by atoms with Crippen molar-refractivity contribution in [3.63, 3.8) is 0 Å². The summed E-state index contributed by atoms with van der Waals surface area (Å²) < 4.78 is 5.71. The van der Waals surface area contributed by atoms with Crippen molar-refractivity contribution in [3.8, 4) is 0 Å². The van der Waals surface area contributed by atoms with Gasteiger partial charge in [0, 0.05) is 6.61 Å². The molecular formula is C12H23NO3. The maximum atomic E-state index is 11.0. The Hall–Kier alpha value is -0.770. The minimum Gasteiger partial charge on any atom is -0.465 e. The fourth-order valence-corrected chi connectivity index (χ4v) is 2.75. The molecule has 1 heterocycles. The van der Waals surface area contributed by atoms with Gasteiger partial charge in [-0.3, -0.25) is 0 Å². The molecular weight excluding hydrogens is 206 g/mol. The van der Waals surface area contributed by atoms with Crippen LogP contribution in [0.4, 0.5) is 4.79 Å². The minimum atomic E-state index is -0.965. The predicted molar refractivity (Wildman–Crippen MR) is 62.6 cm³/mol. The van der Waals surface area contributed by atoms with Crippen LogP contribution in [0.3, 0.4) is 0 Å². The van der Waals surface area contributed by atoms with Crippen LogP contribution in [0.25, 0.3) is 0 Å². The average molecular weight is 229 g/mol. The number of ether oxygens (including phenoxy) is 1. The number of carbonyl (C=O) groups is 1. The van der Waals surface area contributed by atoms with Gasteiger partial charge in [0.15, 0.2) is 0 Å². The zero-order valence-corrected chi connectivity index (χ0v) is 10.7. The molecule has 1 rings (SSSR count). The molecule has 4 nitrogen and oxygen atoms in total. The first-order chi connectivity index (χ1) is 7.33. The van der Waals surface area contributed by atoms with Gasteiger partial charge >= 0.3 is 6.09 Å². The lowest BCUT2D eigenvalue weighted by atomic mass is 9.68. The number of carboxylic acid groups (broad SMARTS) is 1. The second kappa shape index (κ2) is 4.62. The molecule has 2 unspecified atom stereocenters. The highest BCUT2D eigenvalue weighted by Crippen LogP contribution is 2.40. The molecule has 0 bridgehead atoms. The third kappa shape index (κ3) is 2.32. The Bertz CT molecular complexity index is 253. The van der Waals surface area contributed by atoms with E-state index >= 15 is 0 Å². The van der Waals surface area contributed by atoms with E-state index in [9.17, 15) is 4.79 Å². The highest BCUT2D eigenvalue weighted by atomic mass is 16.5. The van der Waals surface area contributed by atoms with E-state index < -0.39 is 11.6 Å². The van der Waals surface area contributed by atoms with E-state index in [1.54, 1.807) is 0 Å². The lowest BCUT2D eigenvalue weighted by molar-refractivity contribution is -0.0285. The lowest BCUT2D eigenvalue weighted by Crippen LogP contribution is -2.63. The monoisotopic (exact) mass is 229 g/mol. The molecule has 0 spiro atoms. The topological polar surface area (TPSA) is 58.6 Å². The van der Waals surface area contributed by atoms with E-state index in [0.717, 1.165) is 25.9 Å². The molecule has 0 saturated carbocycles. The molecule has 0 aliphatic carbocycles. The normalized spacial score (nSPS) is 25.1. The summed E-state index contributed by atoms with van der Waals surface area (Å²) in [4.78, 5) is 11.0. The Morgan fingerprint density at radius 2 is 2.12 bits per heavy atom. The molecule has 0 aromatic carbocycles. The third-order valence-electron chi connectivity index (χ3n) is 3.71. The molecule has 2 N–H and O–H groups in total. The van der Waals surface area contributed by atoms with Crippen LogP contribution in [0.2, 0.25) is 0 Å². The van der Waals surface area contributed by atoms with Crippen molar-refractivity contribution in [3.05, 3.63) is 0 Å². The van der Waals surface area contributed by atoms with E-state index in [1.807, 2.05) is 6.92 Å². The number of rotatable bonds is 3. The molecule has 0 aromatic heterocycles. The summed E-state index contributed by atoms with van der Waals surface area (Å²) in [5.74, 6) is 0. The standard InChI is InChI=1S/C12H23NO3/c1-5-12(11(2,3)4,13-10(14)15)9-7-6-8-16-9/h9,13H,5-8H2,1-4H3,(H,14,15). The van der Waals surface area contributed by atoms with E-state index in [0.29, 0.717) is 0 Å². The van der Waals surface area contributed by atoms with E-state index in [4.69, 9.17) is 9.84 Å². The first-order valence-corrected chi connectivity index (χ1v) is 5.96. The summed E-state index contributed by atoms with van der Waals surface area (Å²) in [6.45, 7) is 8.95. The predicted octanol–water partition coefficient (Wildman–Crippen LogP) is 2.63. The van der Waals surface area contributed by atoms with E-state index in [2.05, 4.69) is 26.1 Å². The second-order valence-corrected chi connectivity index (χ2v) is 5.51. The second-order valence-electron chi connectivity index (χ2n) is 5.51. The molecule has 94 valence electrons. The largest absolute Gasteiger partial charge is 0.465 e. The first kappa shape index (κ1) is 13.3. The Morgan fingerprint density at radius 1 is 1.50 bits per heavy atom. The summed E-state index contributed by atoms with van der Waals surface area (Å²) in [5, 5.41) is 11.8. The van der Waals surface area contributed by atoms with Gasteiger partial charge in [-0.05, 0) is 24.7 Å². The van der Waals surface area contributed by atoms with Gasteiger partial charge in [0.05, 0.1) is 11.6 Å². The van der Waals surface area contributed by atoms with E-state index in [1.165, 1.54) is 0 Å². The summed E-state index contributed by atoms with van der Waals surface area (Å²) in [5.41, 5.74) is -0.648. The maximum Gasteiger partial charge on any atom is 0.405 e. The zero-order valence-electron chi connectivity index (χ0n) is 10.7. The number of hydrogen-bond acceptors (Lipinski definition) is 2. The molecule has 1 saturated heterocycles. The Kier molecular flexibility index (Phi) is 3.84. The van der Waals surface area contributed by atoms with E-state index in [-0.39, 0.29) is 11.5 Å². The van der Waals surface area contributed by atoms with Crippen LogP contribution in [-0.2, 0) is 4.74 Å². The molecule has 16 heavy (non-hydrogen) atoms. The molecule has 1 aliphatic rings. The molecule has 0 radical (unpaired) electrons.